The third kappa shape index (κ3) is 4.69. The molecule has 3 nitrogen and oxygen atoms in total. The van der Waals surface area contributed by atoms with Crippen LogP contribution in [0.1, 0.15) is 18.4 Å². The molecular weight excluding hydrogens is 252 g/mol. The molecular formula is C17H18O3. The Hall–Kier alpha value is -2.42. The van der Waals surface area contributed by atoms with Crippen LogP contribution in [0, 0.1) is 0 Å². The summed E-state index contributed by atoms with van der Waals surface area (Å²) in [4.78, 5) is 22.0. The first-order valence-electron chi connectivity index (χ1n) is 6.32. The van der Waals surface area contributed by atoms with Gasteiger partial charge in [-0.3, -0.25) is 4.79 Å². The average molecular weight is 270 g/mol. The third-order valence-electron chi connectivity index (χ3n) is 2.87. The number of esters is 1. The van der Waals surface area contributed by atoms with Crippen LogP contribution in [0.5, 0.6) is 0 Å². The zero-order valence-electron chi connectivity index (χ0n) is 11.7. The molecule has 0 aliphatic rings. The lowest BCUT2D eigenvalue weighted by atomic mass is 9.92. The van der Waals surface area contributed by atoms with Crippen molar-refractivity contribution in [3.05, 3.63) is 71.8 Å². The standard InChI is InChI=1S/C17H18O3/c1-14(15-10-6-5-7-11-15)16(17(19)20-2)12-8-3-4-9-13-18/h3-14H,1-2H3/b8-3+,9-4+,16-12-. The lowest BCUT2D eigenvalue weighted by molar-refractivity contribution is -0.136. The van der Waals surface area contributed by atoms with E-state index in [-0.39, 0.29) is 11.9 Å². The second-order valence-electron chi connectivity index (χ2n) is 4.15. The van der Waals surface area contributed by atoms with E-state index >= 15 is 0 Å². The van der Waals surface area contributed by atoms with Crippen LogP contribution in [0.2, 0.25) is 0 Å². The third-order valence-corrected chi connectivity index (χ3v) is 2.87. The molecule has 1 aromatic carbocycles. The minimum absolute atomic E-state index is 0.0663. The lowest BCUT2D eigenvalue weighted by Crippen LogP contribution is -2.11. The number of carbonyl (C=O) groups is 2. The van der Waals surface area contributed by atoms with E-state index in [0.717, 1.165) is 5.56 Å². The highest BCUT2D eigenvalue weighted by molar-refractivity contribution is 5.90. The van der Waals surface area contributed by atoms with E-state index in [1.54, 1.807) is 24.3 Å². The summed E-state index contributed by atoms with van der Waals surface area (Å²) in [6.45, 7) is 1.95. The highest BCUT2D eigenvalue weighted by Gasteiger charge is 2.18. The Morgan fingerprint density at radius 2 is 1.75 bits per heavy atom. The molecule has 0 aliphatic carbocycles. The fourth-order valence-corrected chi connectivity index (χ4v) is 1.76. The van der Waals surface area contributed by atoms with Gasteiger partial charge in [0.25, 0.3) is 0 Å². The molecule has 1 unspecified atom stereocenters. The summed E-state index contributed by atoms with van der Waals surface area (Å²) in [7, 11) is 1.36. The number of allylic oxidation sites excluding steroid dienone is 5. The van der Waals surface area contributed by atoms with E-state index in [4.69, 9.17) is 4.74 Å². The summed E-state index contributed by atoms with van der Waals surface area (Å²) in [5.74, 6) is -0.422. The lowest BCUT2D eigenvalue weighted by Gasteiger charge is -2.14. The Balaban J connectivity index is 2.97. The van der Waals surface area contributed by atoms with Gasteiger partial charge in [0.15, 0.2) is 0 Å². The topological polar surface area (TPSA) is 43.4 Å². The first kappa shape index (κ1) is 15.6. The van der Waals surface area contributed by atoms with Crippen molar-refractivity contribution >= 4 is 12.3 Å². The van der Waals surface area contributed by atoms with Crippen molar-refractivity contribution < 1.29 is 14.3 Å². The van der Waals surface area contributed by atoms with E-state index in [1.165, 1.54) is 13.2 Å². The van der Waals surface area contributed by atoms with E-state index in [2.05, 4.69) is 0 Å². The molecule has 1 rings (SSSR count). The van der Waals surface area contributed by atoms with Crippen molar-refractivity contribution in [1.29, 1.82) is 0 Å². The molecule has 0 saturated carbocycles. The molecule has 20 heavy (non-hydrogen) atoms. The molecule has 1 atom stereocenters. The van der Waals surface area contributed by atoms with Gasteiger partial charge in [0.1, 0.15) is 6.29 Å². The Labute approximate surface area is 119 Å². The number of benzene rings is 1. The maximum atomic E-state index is 11.8. The summed E-state index contributed by atoms with van der Waals surface area (Å²) in [5.41, 5.74) is 1.61. The summed E-state index contributed by atoms with van der Waals surface area (Å²) >= 11 is 0. The van der Waals surface area contributed by atoms with Crippen molar-refractivity contribution in [3.63, 3.8) is 0 Å². The molecule has 0 N–H and O–H groups in total. The van der Waals surface area contributed by atoms with Gasteiger partial charge in [-0.2, -0.15) is 0 Å². The molecule has 104 valence electrons. The zero-order valence-corrected chi connectivity index (χ0v) is 11.7. The average Bonchev–Trinajstić information content (AvgIpc) is 2.50. The van der Waals surface area contributed by atoms with Crippen molar-refractivity contribution in [1.82, 2.24) is 0 Å². The van der Waals surface area contributed by atoms with E-state index in [0.29, 0.717) is 11.9 Å². The predicted molar refractivity (Wildman–Crippen MR) is 79.3 cm³/mol. The van der Waals surface area contributed by atoms with Crippen LogP contribution in [0.25, 0.3) is 0 Å². The minimum Gasteiger partial charge on any atom is -0.466 e. The Morgan fingerprint density at radius 1 is 1.10 bits per heavy atom. The molecule has 0 bridgehead atoms. The monoisotopic (exact) mass is 270 g/mol. The number of carbonyl (C=O) groups excluding carboxylic acids is 2. The Bertz CT molecular complexity index is 524. The smallest absolute Gasteiger partial charge is 0.334 e. The minimum atomic E-state index is -0.356. The quantitative estimate of drug-likeness (QED) is 0.345. The summed E-state index contributed by atoms with van der Waals surface area (Å²) in [6, 6.07) is 9.74. The number of rotatable bonds is 6. The van der Waals surface area contributed by atoms with Crippen LogP contribution in [-0.4, -0.2) is 19.4 Å². The van der Waals surface area contributed by atoms with Gasteiger partial charge in [-0.15, -0.1) is 0 Å². The fourth-order valence-electron chi connectivity index (χ4n) is 1.76. The van der Waals surface area contributed by atoms with Crippen LogP contribution in [0.15, 0.2) is 66.3 Å². The second-order valence-corrected chi connectivity index (χ2v) is 4.15. The molecule has 1 aromatic rings. The number of hydrogen-bond donors (Lipinski definition) is 0. The number of ether oxygens (including phenoxy) is 1. The van der Waals surface area contributed by atoms with E-state index in [1.807, 2.05) is 37.3 Å². The highest BCUT2D eigenvalue weighted by Crippen LogP contribution is 2.24. The van der Waals surface area contributed by atoms with Gasteiger partial charge in [0.05, 0.1) is 7.11 Å². The van der Waals surface area contributed by atoms with Gasteiger partial charge in [-0.25, -0.2) is 4.79 Å². The van der Waals surface area contributed by atoms with Crippen molar-refractivity contribution in [2.24, 2.45) is 0 Å². The summed E-state index contributed by atoms with van der Waals surface area (Å²) < 4.78 is 4.82. The van der Waals surface area contributed by atoms with Gasteiger partial charge in [0.2, 0.25) is 0 Å². The van der Waals surface area contributed by atoms with Crippen LogP contribution in [0.3, 0.4) is 0 Å². The number of hydrogen-bond acceptors (Lipinski definition) is 3. The van der Waals surface area contributed by atoms with Crippen LogP contribution in [0.4, 0.5) is 0 Å². The molecule has 0 fully saturated rings. The first-order chi connectivity index (χ1) is 9.70. The van der Waals surface area contributed by atoms with Gasteiger partial charge >= 0.3 is 5.97 Å². The van der Waals surface area contributed by atoms with Crippen molar-refractivity contribution in [3.8, 4) is 0 Å². The van der Waals surface area contributed by atoms with Crippen molar-refractivity contribution in [2.75, 3.05) is 7.11 Å². The maximum Gasteiger partial charge on any atom is 0.334 e. The Kier molecular flexibility index (Phi) is 6.76. The first-order valence-corrected chi connectivity index (χ1v) is 6.32. The molecule has 0 saturated heterocycles. The molecule has 0 aromatic heterocycles. The summed E-state index contributed by atoms with van der Waals surface area (Å²) in [6.07, 6.45) is 8.79. The molecule has 0 aliphatic heterocycles. The number of aldehydes is 1. The van der Waals surface area contributed by atoms with Gasteiger partial charge in [-0.1, -0.05) is 61.6 Å². The fraction of sp³-hybridized carbons (Fsp3) is 0.176. The van der Waals surface area contributed by atoms with E-state index < -0.39 is 0 Å². The normalized spacial score (nSPS) is 13.6. The molecule has 3 heteroatoms. The largest absolute Gasteiger partial charge is 0.466 e. The highest BCUT2D eigenvalue weighted by atomic mass is 16.5. The molecule has 0 radical (unpaired) electrons. The predicted octanol–water partition coefficient (Wildman–Crippen LogP) is 3.20. The van der Waals surface area contributed by atoms with Crippen LogP contribution >= 0.6 is 0 Å². The van der Waals surface area contributed by atoms with Crippen LogP contribution in [-0.2, 0) is 14.3 Å². The SMILES string of the molecule is COC(=O)\C(=C/C=C/C=C/C=O)C(C)c1ccccc1. The summed E-state index contributed by atoms with van der Waals surface area (Å²) in [5, 5.41) is 0. The maximum absolute atomic E-state index is 11.8. The Morgan fingerprint density at radius 3 is 2.35 bits per heavy atom. The molecule has 0 spiro atoms. The van der Waals surface area contributed by atoms with Gasteiger partial charge in [0, 0.05) is 11.5 Å². The molecule has 0 heterocycles. The molecule has 0 amide bonds. The second kappa shape index (κ2) is 8.64. The van der Waals surface area contributed by atoms with E-state index in [9.17, 15) is 9.59 Å². The van der Waals surface area contributed by atoms with Crippen molar-refractivity contribution in [2.45, 2.75) is 12.8 Å². The van der Waals surface area contributed by atoms with Gasteiger partial charge in [-0.05, 0) is 11.6 Å². The number of methoxy groups -OCH3 is 1. The zero-order chi connectivity index (χ0) is 14.8. The van der Waals surface area contributed by atoms with Gasteiger partial charge < -0.3 is 4.74 Å². The van der Waals surface area contributed by atoms with Crippen LogP contribution < -0.4 is 0 Å².